The topological polar surface area (TPSA) is 87.6 Å². The summed E-state index contributed by atoms with van der Waals surface area (Å²) in [7, 11) is 0. The van der Waals surface area contributed by atoms with Crippen LogP contribution >= 0.6 is 0 Å². The van der Waals surface area contributed by atoms with Crippen molar-refractivity contribution < 1.29 is 4.79 Å². The van der Waals surface area contributed by atoms with E-state index in [2.05, 4.69) is 27.7 Å². The lowest BCUT2D eigenvalue weighted by atomic mass is 9.87. The second-order valence-corrected chi connectivity index (χ2v) is 8.84. The average Bonchev–Trinajstić information content (AvgIpc) is 3.54. The zero-order valence-corrected chi connectivity index (χ0v) is 19.3. The Morgan fingerprint density at radius 3 is 2.50 bits per heavy atom. The number of hydrogen-bond acceptors (Lipinski definition) is 5. The maximum Gasteiger partial charge on any atom is 0.335 e. The number of carbonyl (C=O) groups is 1. The lowest BCUT2D eigenvalue weighted by Gasteiger charge is -2.22. The lowest BCUT2D eigenvalue weighted by Crippen LogP contribution is -2.29. The quantitative estimate of drug-likeness (QED) is 0.428. The Bertz CT molecular complexity index is 1330. The minimum Gasteiger partial charge on any atom is -0.291 e. The van der Waals surface area contributed by atoms with E-state index in [1.807, 2.05) is 36.4 Å². The molecule has 0 saturated heterocycles. The van der Waals surface area contributed by atoms with E-state index in [1.165, 1.54) is 23.8 Å². The Labute approximate surface area is 197 Å². The van der Waals surface area contributed by atoms with Gasteiger partial charge in [0.05, 0.1) is 12.2 Å². The molecule has 1 aliphatic carbocycles. The highest BCUT2D eigenvalue weighted by atomic mass is 16.2. The number of benzene rings is 2. The molecule has 0 atom stereocenters. The van der Waals surface area contributed by atoms with Gasteiger partial charge in [0.2, 0.25) is 5.91 Å². The standard InChI is InChI=1S/C26H28N6O2/c1-2-25(33)31-17-24(21-8-4-3-5-9-21)30(26(31)34)16-19-12-14-20(15-13-19)22-10-6-7-11-23(22)32-18-27-28-29-32/h6-7,10-15,17-18,21H,2-5,8-9,16H2,1H3. The van der Waals surface area contributed by atoms with Gasteiger partial charge in [-0.3, -0.25) is 9.36 Å². The van der Waals surface area contributed by atoms with Crippen LogP contribution in [0, 0.1) is 0 Å². The van der Waals surface area contributed by atoms with Crippen LogP contribution in [0.5, 0.6) is 0 Å². The molecule has 0 radical (unpaired) electrons. The summed E-state index contributed by atoms with van der Waals surface area (Å²) in [6.07, 6.45) is 9.39. The third kappa shape index (κ3) is 4.23. The van der Waals surface area contributed by atoms with Crippen LogP contribution < -0.4 is 5.69 Å². The molecule has 0 aliphatic heterocycles. The fourth-order valence-corrected chi connectivity index (χ4v) is 4.89. The number of imidazole rings is 1. The first-order valence-corrected chi connectivity index (χ1v) is 11.9. The lowest BCUT2D eigenvalue weighted by molar-refractivity contribution is 0.0904. The number of hydrogen-bond donors (Lipinski definition) is 0. The smallest absolute Gasteiger partial charge is 0.291 e. The van der Waals surface area contributed by atoms with Gasteiger partial charge >= 0.3 is 5.69 Å². The van der Waals surface area contributed by atoms with E-state index in [9.17, 15) is 9.59 Å². The molecule has 0 N–H and O–H groups in total. The normalized spacial score (nSPS) is 14.4. The second-order valence-electron chi connectivity index (χ2n) is 8.84. The van der Waals surface area contributed by atoms with Crippen molar-refractivity contribution in [3.05, 3.63) is 82.8 Å². The van der Waals surface area contributed by atoms with Gasteiger partial charge in [-0.05, 0) is 40.5 Å². The minimum absolute atomic E-state index is 0.157. The largest absolute Gasteiger partial charge is 0.335 e. The highest BCUT2D eigenvalue weighted by Gasteiger charge is 2.24. The maximum absolute atomic E-state index is 13.2. The fraction of sp³-hybridized carbons (Fsp3) is 0.346. The molecule has 8 heteroatoms. The molecule has 0 spiro atoms. The van der Waals surface area contributed by atoms with E-state index >= 15 is 0 Å². The fourth-order valence-electron chi connectivity index (χ4n) is 4.89. The van der Waals surface area contributed by atoms with Crippen molar-refractivity contribution >= 4 is 5.91 Å². The first-order chi connectivity index (χ1) is 16.7. The molecule has 174 valence electrons. The molecular weight excluding hydrogens is 428 g/mol. The average molecular weight is 457 g/mol. The molecule has 34 heavy (non-hydrogen) atoms. The van der Waals surface area contributed by atoms with E-state index in [0.717, 1.165) is 40.9 Å². The molecule has 1 saturated carbocycles. The molecule has 8 nitrogen and oxygen atoms in total. The Morgan fingerprint density at radius 1 is 1.03 bits per heavy atom. The highest BCUT2D eigenvalue weighted by molar-refractivity contribution is 5.78. The summed E-state index contributed by atoms with van der Waals surface area (Å²) in [6.45, 7) is 2.24. The Hall–Kier alpha value is -3.81. The van der Waals surface area contributed by atoms with Crippen LogP contribution in [0.3, 0.4) is 0 Å². The van der Waals surface area contributed by atoms with Gasteiger partial charge in [-0.25, -0.2) is 9.36 Å². The molecule has 2 heterocycles. The van der Waals surface area contributed by atoms with Gasteiger partial charge in [0.25, 0.3) is 0 Å². The monoisotopic (exact) mass is 456 g/mol. The van der Waals surface area contributed by atoms with Crippen molar-refractivity contribution in [1.82, 2.24) is 29.3 Å². The molecule has 0 bridgehead atoms. The van der Waals surface area contributed by atoms with E-state index < -0.39 is 0 Å². The van der Waals surface area contributed by atoms with Crippen LogP contribution in [-0.4, -0.2) is 35.2 Å². The summed E-state index contributed by atoms with van der Waals surface area (Å²) < 4.78 is 4.75. The van der Waals surface area contributed by atoms with Crippen molar-refractivity contribution in [2.45, 2.75) is 57.9 Å². The Morgan fingerprint density at radius 2 is 1.79 bits per heavy atom. The van der Waals surface area contributed by atoms with E-state index in [1.54, 1.807) is 28.7 Å². The molecule has 2 aromatic carbocycles. The van der Waals surface area contributed by atoms with Crippen LogP contribution in [0.15, 0.2) is 65.8 Å². The van der Waals surface area contributed by atoms with E-state index in [0.29, 0.717) is 18.9 Å². The van der Waals surface area contributed by atoms with Crippen LogP contribution in [0.2, 0.25) is 0 Å². The third-order valence-electron chi connectivity index (χ3n) is 6.71. The number of para-hydroxylation sites is 1. The first kappa shape index (κ1) is 22.0. The predicted octanol–water partition coefficient (Wildman–Crippen LogP) is 4.44. The zero-order chi connectivity index (χ0) is 23.5. The highest BCUT2D eigenvalue weighted by Crippen LogP contribution is 2.33. The van der Waals surface area contributed by atoms with E-state index in [-0.39, 0.29) is 11.6 Å². The van der Waals surface area contributed by atoms with Crippen LogP contribution in [0.4, 0.5) is 0 Å². The van der Waals surface area contributed by atoms with Crippen molar-refractivity contribution in [1.29, 1.82) is 0 Å². The summed E-state index contributed by atoms with van der Waals surface area (Å²) in [4.78, 5) is 25.6. The molecule has 2 aromatic heterocycles. The summed E-state index contributed by atoms with van der Waals surface area (Å²) in [5.74, 6) is 0.171. The summed E-state index contributed by atoms with van der Waals surface area (Å²) in [6, 6.07) is 16.1. The molecule has 4 aromatic rings. The van der Waals surface area contributed by atoms with Crippen LogP contribution in [0.25, 0.3) is 16.8 Å². The van der Waals surface area contributed by atoms with Gasteiger partial charge in [0.15, 0.2) is 0 Å². The van der Waals surface area contributed by atoms with Crippen molar-refractivity contribution in [3.8, 4) is 16.8 Å². The Kier molecular flexibility index (Phi) is 6.20. The summed E-state index contributed by atoms with van der Waals surface area (Å²) in [5.41, 5.74) is 4.71. The summed E-state index contributed by atoms with van der Waals surface area (Å²) in [5, 5.41) is 11.5. The molecule has 1 fully saturated rings. The predicted molar refractivity (Wildman–Crippen MR) is 129 cm³/mol. The van der Waals surface area contributed by atoms with Gasteiger partial charge in [0.1, 0.15) is 6.33 Å². The molecule has 0 amide bonds. The molecular formula is C26H28N6O2. The van der Waals surface area contributed by atoms with E-state index in [4.69, 9.17) is 0 Å². The van der Waals surface area contributed by atoms with Crippen LogP contribution in [-0.2, 0) is 6.54 Å². The number of rotatable bonds is 6. The van der Waals surface area contributed by atoms with Crippen molar-refractivity contribution in [3.63, 3.8) is 0 Å². The number of nitrogens with zero attached hydrogens (tertiary/aromatic N) is 6. The molecule has 0 unspecified atom stereocenters. The van der Waals surface area contributed by atoms with Crippen LogP contribution in [0.1, 0.15) is 67.4 Å². The number of tetrazole rings is 1. The zero-order valence-electron chi connectivity index (χ0n) is 19.3. The number of carbonyl (C=O) groups excluding carboxylic acids is 1. The van der Waals surface area contributed by atoms with Gasteiger partial charge in [-0.15, -0.1) is 5.10 Å². The first-order valence-electron chi connectivity index (χ1n) is 11.9. The van der Waals surface area contributed by atoms with Crippen molar-refractivity contribution in [2.75, 3.05) is 0 Å². The van der Waals surface area contributed by atoms with Gasteiger partial charge in [-0.2, -0.15) is 4.68 Å². The van der Waals surface area contributed by atoms with Gasteiger partial charge < -0.3 is 0 Å². The molecule has 5 rings (SSSR count). The van der Waals surface area contributed by atoms with Gasteiger partial charge in [0, 0.05) is 29.8 Å². The van der Waals surface area contributed by atoms with Gasteiger partial charge in [-0.1, -0.05) is 68.7 Å². The maximum atomic E-state index is 13.2. The number of aromatic nitrogens is 6. The summed E-state index contributed by atoms with van der Waals surface area (Å²) >= 11 is 0. The van der Waals surface area contributed by atoms with Crippen molar-refractivity contribution in [2.24, 2.45) is 0 Å². The third-order valence-corrected chi connectivity index (χ3v) is 6.71. The second kappa shape index (κ2) is 9.59. The SMILES string of the molecule is CCC(=O)n1cc(C2CCCCC2)n(Cc2ccc(-c3ccccc3-n3cnnn3)cc2)c1=O. The minimum atomic E-state index is -0.236. The molecule has 1 aliphatic rings. The Balaban J connectivity index is 1.47.